The Morgan fingerprint density at radius 3 is 2.48 bits per heavy atom. The van der Waals surface area contributed by atoms with Crippen LogP contribution >= 0.6 is 0 Å². The van der Waals surface area contributed by atoms with Gasteiger partial charge >= 0.3 is 0 Å². The molecule has 0 atom stereocenters. The lowest BCUT2D eigenvalue weighted by Crippen LogP contribution is -2.45. The summed E-state index contributed by atoms with van der Waals surface area (Å²) >= 11 is 0. The van der Waals surface area contributed by atoms with Gasteiger partial charge in [0, 0.05) is 39.1 Å². The number of likely N-dealkylation sites (tertiary alicyclic amines) is 1. The summed E-state index contributed by atoms with van der Waals surface area (Å²) in [7, 11) is 1.84. The molecular formula is C22H32N4O. The molecule has 1 heterocycles. The Kier molecular flexibility index (Phi) is 7.31. The molecule has 0 aromatic heterocycles. The largest absolute Gasteiger partial charge is 0.356 e. The van der Waals surface area contributed by atoms with Crippen molar-refractivity contribution < 1.29 is 4.79 Å². The highest BCUT2D eigenvalue weighted by molar-refractivity contribution is 5.80. The van der Waals surface area contributed by atoms with Gasteiger partial charge in [0.2, 0.25) is 5.91 Å². The van der Waals surface area contributed by atoms with Gasteiger partial charge in [-0.1, -0.05) is 48.4 Å². The zero-order valence-corrected chi connectivity index (χ0v) is 16.4. The van der Waals surface area contributed by atoms with Crippen molar-refractivity contribution >= 4 is 17.9 Å². The first-order chi connectivity index (χ1) is 13.3. The zero-order chi connectivity index (χ0) is 18.9. The highest BCUT2D eigenvalue weighted by Crippen LogP contribution is 2.26. The van der Waals surface area contributed by atoms with Crippen molar-refractivity contribution in [3.63, 3.8) is 0 Å². The average molecular weight is 369 g/mol. The van der Waals surface area contributed by atoms with E-state index in [1.165, 1.54) is 17.6 Å². The third kappa shape index (κ3) is 5.84. The molecule has 2 aliphatic rings. The van der Waals surface area contributed by atoms with E-state index in [1.807, 2.05) is 7.05 Å². The van der Waals surface area contributed by atoms with Crippen LogP contribution in [0.1, 0.15) is 44.1 Å². The van der Waals surface area contributed by atoms with Gasteiger partial charge in [-0.05, 0) is 37.7 Å². The number of aliphatic imine (C=N–C) groups is 1. The van der Waals surface area contributed by atoms with Crippen molar-refractivity contribution in [2.24, 2.45) is 10.9 Å². The minimum atomic E-state index is 0.236. The van der Waals surface area contributed by atoms with E-state index < -0.39 is 0 Å². The van der Waals surface area contributed by atoms with E-state index in [2.05, 4.69) is 56.9 Å². The van der Waals surface area contributed by atoms with Crippen molar-refractivity contribution in [1.29, 1.82) is 0 Å². The number of benzene rings is 1. The van der Waals surface area contributed by atoms with Crippen LogP contribution in [0.15, 0.2) is 40.9 Å². The highest BCUT2D eigenvalue weighted by atomic mass is 16.1. The summed E-state index contributed by atoms with van der Waals surface area (Å²) in [5.41, 5.74) is 2.79. The topological polar surface area (TPSA) is 56.7 Å². The van der Waals surface area contributed by atoms with Crippen LogP contribution in [0.2, 0.25) is 0 Å². The Hall–Kier alpha value is -2.30. The molecule has 0 spiro atoms. The predicted octanol–water partition coefficient (Wildman–Crippen LogP) is 3.05. The maximum Gasteiger partial charge on any atom is 0.223 e. The Balaban J connectivity index is 1.35. The quantitative estimate of drug-likeness (QED) is 0.461. The number of amides is 1. The third-order valence-electron chi connectivity index (χ3n) is 5.50. The smallest absolute Gasteiger partial charge is 0.223 e. The Morgan fingerprint density at radius 1 is 1.15 bits per heavy atom. The van der Waals surface area contributed by atoms with Gasteiger partial charge in [0.15, 0.2) is 5.96 Å². The standard InChI is InChI=1S/C22H32N4O/c1-23-22(25-14-6-13-24-21(27)20-9-5-10-20)26-15-11-19(12-16-26)17-18-7-3-2-4-8-18/h2-4,7-8,17,20H,5-6,9-16H2,1H3,(H,23,25)(H,24,27). The van der Waals surface area contributed by atoms with Crippen LogP contribution in [0.25, 0.3) is 6.08 Å². The monoisotopic (exact) mass is 368 g/mol. The van der Waals surface area contributed by atoms with E-state index in [0.29, 0.717) is 0 Å². The molecule has 2 N–H and O–H groups in total. The second kappa shape index (κ2) is 10.1. The van der Waals surface area contributed by atoms with Gasteiger partial charge in [0.05, 0.1) is 0 Å². The molecule has 5 heteroatoms. The van der Waals surface area contributed by atoms with Gasteiger partial charge < -0.3 is 15.5 Å². The molecule has 5 nitrogen and oxygen atoms in total. The first kappa shape index (κ1) is 19.5. The lowest BCUT2D eigenvalue weighted by molar-refractivity contribution is -0.127. The van der Waals surface area contributed by atoms with Gasteiger partial charge in [0.1, 0.15) is 0 Å². The summed E-state index contributed by atoms with van der Waals surface area (Å²) in [4.78, 5) is 18.6. The number of carbonyl (C=O) groups is 1. The van der Waals surface area contributed by atoms with E-state index in [9.17, 15) is 4.79 Å². The number of hydrogen-bond acceptors (Lipinski definition) is 2. The summed E-state index contributed by atoms with van der Waals surface area (Å²) in [6.45, 7) is 3.57. The van der Waals surface area contributed by atoms with Crippen molar-refractivity contribution in [2.75, 3.05) is 33.2 Å². The molecule has 0 bridgehead atoms. The van der Waals surface area contributed by atoms with E-state index >= 15 is 0 Å². The fourth-order valence-corrected chi connectivity index (χ4v) is 3.58. The molecule has 1 amide bonds. The number of nitrogens with one attached hydrogen (secondary N) is 2. The van der Waals surface area contributed by atoms with Crippen molar-refractivity contribution in [3.8, 4) is 0 Å². The van der Waals surface area contributed by atoms with Crippen LogP contribution in [0.5, 0.6) is 0 Å². The highest BCUT2D eigenvalue weighted by Gasteiger charge is 2.24. The molecule has 3 rings (SSSR count). The molecule has 146 valence electrons. The lowest BCUT2D eigenvalue weighted by atomic mass is 9.85. The van der Waals surface area contributed by atoms with Crippen LogP contribution < -0.4 is 10.6 Å². The van der Waals surface area contributed by atoms with Gasteiger partial charge in [0.25, 0.3) is 0 Å². The molecule has 1 saturated heterocycles. The van der Waals surface area contributed by atoms with Crippen LogP contribution in [-0.2, 0) is 4.79 Å². The molecular weight excluding hydrogens is 336 g/mol. The van der Waals surface area contributed by atoms with Crippen LogP contribution in [0.4, 0.5) is 0 Å². The fourth-order valence-electron chi connectivity index (χ4n) is 3.58. The Morgan fingerprint density at radius 2 is 1.85 bits per heavy atom. The molecule has 1 aliphatic carbocycles. The van der Waals surface area contributed by atoms with Gasteiger partial charge in [-0.2, -0.15) is 0 Å². The maximum absolute atomic E-state index is 11.8. The minimum absolute atomic E-state index is 0.236. The van der Waals surface area contributed by atoms with Crippen LogP contribution in [0.3, 0.4) is 0 Å². The number of hydrogen-bond donors (Lipinski definition) is 2. The molecule has 1 aliphatic heterocycles. The van der Waals surface area contributed by atoms with Gasteiger partial charge in [-0.15, -0.1) is 0 Å². The summed E-state index contributed by atoms with van der Waals surface area (Å²) in [5.74, 6) is 1.48. The zero-order valence-electron chi connectivity index (χ0n) is 16.4. The summed E-state index contributed by atoms with van der Waals surface area (Å²) < 4.78 is 0. The normalized spacial score (nSPS) is 18.0. The SMILES string of the molecule is CN=C(NCCCNC(=O)C1CCC1)N1CCC(=Cc2ccccc2)CC1. The number of piperidine rings is 1. The second-order valence-electron chi connectivity index (χ2n) is 7.45. The van der Waals surface area contributed by atoms with Gasteiger partial charge in [-0.3, -0.25) is 9.79 Å². The number of guanidine groups is 1. The van der Waals surface area contributed by atoms with Crippen molar-refractivity contribution in [3.05, 3.63) is 41.5 Å². The maximum atomic E-state index is 11.8. The second-order valence-corrected chi connectivity index (χ2v) is 7.45. The van der Waals surface area contributed by atoms with E-state index in [-0.39, 0.29) is 11.8 Å². The molecule has 2 fully saturated rings. The summed E-state index contributed by atoms with van der Waals surface area (Å²) in [6.07, 6.45) is 8.72. The van der Waals surface area contributed by atoms with Crippen LogP contribution in [0, 0.1) is 5.92 Å². The van der Waals surface area contributed by atoms with Crippen molar-refractivity contribution in [1.82, 2.24) is 15.5 Å². The van der Waals surface area contributed by atoms with Crippen LogP contribution in [-0.4, -0.2) is 50.0 Å². The molecule has 0 radical (unpaired) electrons. The van der Waals surface area contributed by atoms with E-state index in [1.54, 1.807) is 0 Å². The predicted molar refractivity (Wildman–Crippen MR) is 112 cm³/mol. The summed E-state index contributed by atoms with van der Waals surface area (Å²) in [6, 6.07) is 10.5. The fraction of sp³-hybridized carbons (Fsp3) is 0.545. The molecule has 1 aromatic carbocycles. The van der Waals surface area contributed by atoms with Gasteiger partial charge in [-0.25, -0.2) is 0 Å². The summed E-state index contributed by atoms with van der Waals surface area (Å²) in [5, 5.41) is 6.48. The third-order valence-corrected chi connectivity index (χ3v) is 5.50. The molecule has 27 heavy (non-hydrogen) atoms. The first-order valence-electron chi connectivity index (χ1n) is 10.2. The minimum Gasteiger partial charge on any atom is -0.356 e. The Labute approximate surface area is 162 Å². The van der Waals surface area contributed by atoms with Crippen molar-refractivity contribution in [2.45, 2.75) is 38.5 Å². The van der Waals surface area contributed by atoms with E-state index in [0.717, 1.165) is 64.2 Å². The molecule has 1 saturated carbocycles. The Bertz CT molecular complexity index is 654. The number of rotatable bonds is 6. The lowest BCUT2D eigenvalue weighted by Gasteiger charge is -2.31. The average Bonchev–Trinajstić information content (AvgIpc) is 2.65. The molecule has 1 aromatic rings. The number of nitrogens with zero attached hydrogens (tertiary/aromatic N) is 2. The van der Waals surface area contributed by atoms with E-state index in [4.69, 9.17) is 0 Å². The first-order valence-corrected chi connectivity index (χ1v) is 10.2. The number of carbonyl (C=O) groups excluding carboxylic acids is 1. The molecule has 0 unspecified atom stereocenters.